The highest BCUT2D eigenvalue weighted by Gasteiger charge is 2.20. The van der Waals surface area contributed by atoms with Crippen LogP contribution in [0.4, 0.5) is 11.4 Å². The van der Waals surface area contributed by atoms with E-state index in [4.69, 9.17) is 4.52 Å². The number of amides is 1. The van der Waals surface area contributed by atoms with Crippen LogP contribution in [0.15, 0.2) is 70.6 Å². The van der Waals surface area contributed by atoms with Gasteiger partial charge in [0.2, 0.25) is 11.7 Å². The first-order valence-electron chi connectivity index (χ1n) is 8.61. The molecule has 0 saturated carbocycles. The fourth-order valence-electron chi connectivity index (χ4n) is 2.81. The number of carbonyl (C=O) groups is 1. The number of nitro benzene ring substituents is 1. The number of para-hydroxylation sites is 2. The average molecular weight is 406 g/mol. The van der Waals surface area contributed by atoms with Crippen LogP contribution in [0.2, 0.25) is 0 Å². The Morgan fingerprint density at radius 2 is 1.90 bits per heavy atom. The van der Waals surface area contributed by atoms with Crippen molar-refractivity contribution in [2.24, 2.45) is 0 Å². The lowest BCUT2D eigenvalue weighted by Gasteiger charge is -2.10. The van der Waals surface area contributed by atoms with E-state index >= 15 is 0 Å². The maximum atomic E-state index is 12.6. The Bertz CT molecular complexity index is 1170. The number of rotatable bonds is 6. The zero-order valence-electron chi connectivity index (χ0n) is 14.9. The van der Waals surface area contributed by atoms with Gasteiger partial charge >= 0.3 is 0 Å². The smallest absolute Gasteiger partial charge is 0.282 e. The molecule has 144 valence electrons. The predicted octanol–water partition coefficient (Wildman–Crippen LogP) is 4.55. The molecule has 0 aliphatic carbocycles. The molecule has 0 aliphatic rings. The Morgan fingerprint density at radius 3 is 2.69 bits per heavy atom. The number of nitro groups is 1. The first-order valence-corrected chi connectivity index (χ1v) is 9.49. The molecular weight excluding hydrogens is 392 g/mol. The molecule has 0 aliphatic heterocycles. The van der Waals surface area contributed by atoms with E-state index in [1.54, 1.807) is 18.2 Å². The van der Waals surface area contributed by atoms with Gasteiger partial charge in [0.15, 0.2) is 0 Å². The van der Waals surface area contributed by atoms with E-state index in [1.807, 2.05) is 29.6 Å². The van der Waals surface area contributed by atoms with Crippen LogP contribution in [0.5, 0.6) is 0 Å². The standard InChI is InChI=1S/C20H14N4O4S/c25-20(14-7-2-4-9-16(14)24(26)27)21-15-8-3-1-6-13(15)12-18-22-19(23-28-18)17-10-5-11-29-17/h1-11H,12H2,(H,21,25). The zero-order valence-corrected chi connectivity index (χ0v) is 15.8. The molecule has 8 nitrogen and oxygen atoms in total. The third-order valence-corrected chi connectivity index (χ3v) is 5.03. The lowest BCUT2D eigenvalue weighted by atomic mass is 10.1. The van der Waals surface area contributed by atoms with Gasteiger partial charge in [0.25, 0.3) is 11.6 Å². The fraction of sp³-hybridized carbons (Fsp3) is 0.0500. The van der Waals surface area contributed by atoms with Crippen LogP contribution in [-0.4, -0.2) is 21.0 Å². The van der Waals surface area contributed by atoms with E-state index in [0.29, 0.717) is 23.8 Å². The van der Waals surface area contributed by atoms with Gasteiger partial charge in [-0.15, -0.1) is 11.3 Å². The number of thiophene rings is 1. The van der Waals surface area contributed by atoms with Crippen LogP contribution in [0.25, 0.3) is 10.7 Å². The number of hydrogen-bond donors (Lipinski definition) is 1. The van der Waals surface area contributed by atoms with E-state index in [2.05, 4.69) is 15.5 Å². The van der Waals surface area contributed by atoms with Crippen molar-refractivity contribution in [3.63, 3.8) is 0 Å². The maximum absolute atomic E-state index is 12.6. The number of nitrogens with one attached hydrogen (secondary N) is 1. The lowest BCUT2D eigenvalue weighted by molar-refractivity contribution is -0.385. The van der Waals surface area contributed by atoms with Crippen LogP contribution in [-0.2, 0) is 6.42 Å². The van der Waals surface area contributed by atoms with Crippen molar-refractivity contribution in [2.45, 2.75) is 6.42 Å². The predicted molar refractivity (Wildman–Crippen MR) is 108 cm³/mol. The van der Waals surface area contributed by atoms with Crippen molar-refractivity contribution in [3.8, 4) is 10.7 Å². The lowest BCUT2D eigenvalue weighted by Crippen LogP contribution is -2.15. The summed E-state index contributed by atoms with van der Waals surface area (Å²) in [5.41, 5.74) is 1.01. The summed E-state index contributed by atoms with van der Waals surface area (Å²) in [6.07, 6.45) is 0.311. The van der Waals surface area contributed by atoms with Gasteiger partial charge < -0.3 is 9.84 Å². The fourth-order valence-corrected chi connectivity index (χ4v) is 3.46. The summed E-state index contributed by atoms with van der Waals surface area (Å²) in [5, 5.41) is 19.8. The monoisotopic (exact) mass is 406 g/mol. The van der Waals surface area contributed by atoms with Crippen molar-refractivity contribution in [1.29, 1.82) is 0 Å². The first-order chi connectivity index (χ1) is 14.1. The number of carbonyl (C=O) groups excluding carboxylic acids is 1. The summed E-state index contributed by atoms with van der Waals surface area (Å²) in [4.78, 5) is 28.5. The molecule has 0 spiro atoms. The van der Waals surface area contributed by atoms with E-state index < -0.39 is 10.8 Å². The summed E-state index contributed by atoms with van der Waals surface area (Å²) < 4.78 is 5.33. The van der Waals surface area contributed by atoms with Gasteiger partial charge in [0.05, 0.1) is 16.2 Å². The van der Waals surface area contributed by atoms with Crippen LogP contribution in [0.1, 0.15) is 21.8 Å². The van der Waals surface area contributed by atoms with Crippen LogP contribution < -0.4 is 5.32 Å². The van der Waals surface area contributed by atoms with E-state index in [9.17, 15) is 14.9 Å². The quantitative estimate of drug-likeness (QED) is 0.371. The molecule has 0 bridgehead atoms. The molecule has 0 radical (unpaired) electrons. The van der Waals surface area contributed by atoms with Crippen molar-refractivity contribution in [3.05, 3.63) is 93.2 Å². The largest absolute Gasteiger partial charge is 0.339 e. The number of aromatic nitrogens is 2. The van der Waals surface area contributed by atoms with Crippen molar-refractivity contribution < 1.29 is 14.2 Å². The number of nitrogens with zero attached hydrogens (tertiary/aromatic N) is 3. The van der Waals surface area contributed by atoms with Gasteiger partial charge in [-0.1, -0.05) is 41.6 Å². The summed E-state index contributed by atoms with van der Waals surface area (Å²) in [6.45, 7) is 0. The molecule has 0 saturated heterocycles. The minimum Gasteiger partial charge on any atom is -0.339 e. The minimum atomic E-state index is -0.578. The van der Waals surface area contributed by atoms with Crippen molar-refractivity contribution >= 4 is 28.6 Å². The molecule has 1 amide bonds. The topological polar surface area (TPSA) is 111 Å². The normalized spacial score (nSPS) is 10.6. The Morgan fingerprint density at radius 1 is 1.10 bits per heavy atom. The third-order valence-electron chi connectivity index (χ3n) is 4.16. The van der Waals surface area contributed by atoms with Gasteiger partial charge in [-0.05, 0) is 29.1 Å². The van der Waals surface area contributed by atoms with Gasteiger partial charge in [0.1, 0.15) is 5.56 Å². The Labute approximate surface area is 169 Å². The van der Waals surface area contributed by atoms with Crippen LogP contribution in [0, 0.1) is 10.1 Å². The third kappa shape index (κ3) is 4.04. The second kappa shape index (κ2) is 8.03. The molecule has 0 atom stereocenters. The van der Waals surface area contributed by atoms with Crippen molar-refractivity contribution in [2.75, 3.05) is 5.32 Å². The van der Waals surface area contributed by atoms with Gasteiger partial charge in [-0.3, -0.25) is 14.9 Å². The second-order valence-electron chi connectivity index (χ2n) is 6.05. The van der Waals surface area contributed by atoms with Crippen LogP contribution >= 0.6 is 11.3 Å². The summed E-state index contributed by atoms with van der Waals surface area (Å²) in [5.74, 6) is 0.353. The molecule has 4 rings (SSSR count). The summed E-state index contributed by atoms with van der Waals surface area (Å²) >= 11 is 1.51. The van der Waals surface area contributed by atoms with Gasteiger partial charge in [-0.2, -0.15) is 4.98 Å². The van der Waals surface area contributed by atoms with E-state index in [0.717, 1.165) is 10.4 Å². The van der Waals surface area contributed by atoms with Crippen LogP contribution in [0.3, 0.4) is 0 Å². The Kier molecular flexibility index (Phi) is 5.12. The Hall–Kier alpha value is -3.85. The molecule has 2 aromatic carbocycles. The number of anilines is 1. The molecule has 0 fully saturated rings. The SMILES string of the molecule is O=C(Nc1ccccc1Cc1nc(-c2cccs2)no1)c1ccccc1[N+](=O)[O-]. The molecule has 0 unspecified atom stereocenters. The highest BCUT2D eigenvalue weighted by atomic mass is 32.1. The summed E-state index contributed by atoms with van der Waals surface area (Å²) in [7, 11) is 0. The summed E-state index contributed by atoms with van der Waals surface area (Å²) in [6, 6.07) is 16.8. The molecule has 4 aromatic rings. The molecule has 29 heavy (non-hydrogen) atoms. The zero-order chi connectivity index (χ0) is 20.2. The molecule has 1 N–H and O–H groups in total. The Balaban J connectivity index is 1.56. The highest BCUT2D eigenvalue weighted by molar-refractivity contribution is 7.13. The minimum absolute atomic E-state index is 0.00919. The molecule has 2 aromatic heterocycles. The number of hydrogen-bond acceptors (Lipinski definition) is 7. The van der Waals surface area contributed by atoms with E-state index in [-0.39, 0.29) is 11.3 Å². The first kappa shape index (κ1) is 18.5. The molecular formula is C20H14N4O4S. The molecule has 9 heteroatoms. The molecule has 2 heterocycles. The van der Waals surface area contributed by atoms with E-state index in [1.165, 1.54) is 29.5 Å². The van der Waals surface area contributed by atoms with Gasteiger partial charge in [-0.25, -0.2) is 0 Å². The number of benzene rings is 2. The van der Waals surface area contributed by atoms with Crippen molar-refractivity contribution in [1.82, 2.24) is 10.1 Å². The highest BCUT2D eigenvalue weighted by Crippen LogP contribution is 2.25. The van der Waals surface area contributed by atoms with Gasteiger partial charge in [0, 0.05) is 11.8 Å². The second-order valence-corrected chi connectivity index (χ2v) is 7.00. The average Bonchev–Trinajstić information content (AvgIpc) is 3.41. The maximum Gasteiger partial charge on any atom is 0.282 e.